The normalized spacial score (nSPS) is 9.95. The number of amides is 2. The number of anilines is 1. The summed E-state index contributed by atoms with van der Waals surface area (Å²) in [5.41, 5.74) is 7.43. The average Bonchev–Trinajstić information content (AvgIpc) is 2.39. The lowest BCUT2D eigenvalue weighted by molar-refractivity contribution is -0.126. The Labute approximate surface area is 113 Å². The third-order valence-electron chi connectivity index (χ3n) is 2.64. The van der Waals surface area contributed by atoms with Crippen molar-refractivity contribution in [2.24, 2.45) is 0 Å². The van der Waals surface area contributed by atoms with Crippen LogP contribution >= 0.6 is 0 Å². The minimum Gasteiger partial charge on any atom is -0.399 e. The van der Waals surface area contributed by atoms with E-state index in [1.165, 1.54) is 0 Å². The van der Waals surface area contributed by atoms with Crippen LogP contribution in [-0.4, -0.2) is 24.9 Å². The van der Waals surface area contributed by atoms with E-state index in [0.29, 0.717) is 13.0 Å². The van der Waals surface area contributed by atoms with Gasteiger partial charge >= 0.3 is 0 Å². The number of hydrogen-bond donors (Lipinski definition) is 3. The van der Waals surface area contributed by atoms with Crippen LogP contribution in [0.2, 0.25) is 0 Å². The Morgan fingerprint density at radius 2 is 1.79 bits per heavy atom. The second-order valence-electron chi connectivity index (χ2n) is 4.37. The number of hydrogen-bond acceptors (Lipinski definition) is 3. The fraction of sp³-hybridized carbons (Fsp3) is 0.429. The molecule has 0 unspecified atom stereocenters. The van der Waals surface area contributed by atoms with Crippen LogP contribution in [0.15, 0.2) is 24.3 Å². The Kier molecular flexibility index (Phi) is 6.43. The summed E-state index contributed by atoms with van der Waals surface area (Å²) in [5, 5.41) is 5.33. The third-order valence-corrected chi connectivity index (χ3v) is 2.64. The van der Waals surface area contributed by atoms with Gasteiger partial charge in [-0.3, -0.25) is 9.59 Å². The molecular weight excluding hydrogens is 242 g/mol. The van der Waals surface area contributed by atoms with E-state index in [9.17, 15) is 9.59 Å². The summed E-state index contributed by atoms with van der Waals surface area (Å²) in [4.78, 5) is 22.6. The summed E-state index contributed by atoms with van der Waals surface area (Å²) >= 11 is 0. The molecule has 0 spiro atoms. The van der Waals surface area contributed by atoms with Crippen LogP contribution < -0.4 is 16.4 Å². The fourth-order valence-electron chi connectivity index (χ4n) is 1.59. The zero-order valence-corrected chi connectivity index (χ0v) is 11.2. The van der Waals surface area contributed by atoms with Crippen LogP contribution in [0, 0.1) is 0 Å². The molecule has 0 saturated heterocycles. The van der Waals surface area contributed by atoms with Crippen molar-refractivity contribution < 1.29 is 9.59 Å². The molecule has 0 heterocycles. The molecule has 0 aliphatic carbocycles. The van der Waals surface area contributed by atoms with E-state index in [4.69, 9.17) is 5.73 Å². The number of carbonyl (C=O) groups is 2. The number of nitrogens with one attached hydrogen (secondary N) is 2. The maximum atomic E-state index is 11.5. The van der Waals surface area contributed by atoms with Crippen molar-refractivity contribution in [1.82, 2.24) is 10.6 Å². The van der Waals surface area contributed by atoms with Crippen LogP contribution in [0.25, 0.3) is 0 Å². The average molecular weight is 263 g/mol. The first-order valence-corrected chi connectivity index (χ1v) is 6.49. The van der Waals surface area contributed by atoms with Gasteiger partial charge in [0.1, 0.15) is 0 Å². The van der Waals surface area contributed by atoms with Gasteiger partial charge in [0.2, 0.25) is 11.8 Å². The Bertz CT molecular complexity index is 415. The molecule has 5 heteroatoms. The Morgan fingerprint density at radius 1 is 1.11 bits per heavy atom. The van der Waals surface area contributed by atoms with Crippen molar-refractivity contribution in [2.75, 3.05) is 18.8 Å². The van der Waals surface area contributed by atoms with Crippen molar-refractivity contribution in [3.05, 3.63) is 29.8 Å². The van der Waals surface area contributed by atoms with Crippen molar-refractivity contribution >= 4 is 17.5 Å². The number of rotatable bonds is 7. The topological polar surface area (TPSA) is 84.2 Å². The highest BCUT2D eigenvalue weighted by molar-refractivity contribution is 5.84. The highest BCUT2D eigenvalue weighted by Gasteiger charge is 2.03. The summed E-state index contributed by atoms with van der Waals surface area (Å²) in [6.45, 7) is 2.51. The van der Waals surface area contributed by atoms with E-state index in [1.54, 1.807) is 0 Å². The maximum absolute atomic E-state index is 11.5. The fourth-order valence-corrected chi connectivity index (χ4v) is 1.59. The van der Waals surface area contributed by atoms with Gasteiger partial charge in [0.25, 0.3) is 0 Å². The van der Waals surface area contributed by atoms with Crippen LogP contribution in [-0.2, 0) is 16.0 Å². The molecule has 4 N–H and O–H groups in total. The van der Waals surface area contributed by atoms with Gasteiger partial charge in [0.15, 0.2) is 0 Å². The van der Waals surface area contributed by atoms with E-state index in [1.807, 2.05) is 31.2 Å². The molecule has 1 aromatic rings. The standard InChI is InChI=1S/C14H21N3O2/c1-2-3-13(18)17-10-14(19)16-9-8-11-4-6-12(15)7-5-11/h4-7H,2-3,8-10,15H2,1H3,(H,16,19)(H,17,18). The molecule has 0 aliphatic heterocycles. The van der Waals surface area contributed by atoms with Crippen LogP contribution in [0.4, 0.5) is 5.69 Å². The predicted octanol–water partition coefficient (Wildman–Crippen LogP) is 0.844. The number of carbonyl (C=O) groups excluding carboxylic acids is 2. The Balaban J connectivity index is 2.16. The van der Waals surface area contributed by atoms with E-state index in [0.717, 1.165) is 24.1 Å². The summed E-state index contributed by atoms with van der Waals surface area (Å²) < 4.78 is 0. The molecule has 104 valence electrons. The molecule has 0 aromatic heterocycles. The quantitative estimate of drug-likeness (QED) is 0.637. The lowest BCUT2D eigenvalue weighted by atomic mass is 10.1. The minimum atomic E-state index is -0.167. The number of benzene rings is 1. The molecule has 1 rings (SSSR count). The monoisotopic (exact) mass is 263 g/mol. The van der Waals surface area contributed by atoms with Crippen LogP contribution in [0.5, 0.6) is 0 Å². The zero-order valence-electron chi connectivity index (χ0n) is 11.2. The van der Waals surface area contributed by atoms with E-state index < -0.39 is 0 Å². The van der Waals surface area contributed by atoms with Gasteiger partial charge in [-0.05, 0) is 30.5 Å². The molecule has 19 heavy (non-hydrogen) atoms. The van der Waals surface area contributed by atoms with Gasteiger partial charge in [-0.2, -0.15) is 0 Å². The highest BCUT2D eigenvalue weighted by Crippen LogP contribution is 2.05. The van der Waals surface area contributed by atoms with Gasteiger partial charge in [-0.25, -0.2) is 0 Å². The second-order valence-corrected chi connectivity index (χ2v) is 4.37. The zero-order chi connectivity index (χ0) is 14.1. The molecule has 2 amide bonds. The summed E-state index contributed by atoms with van der Waals surface area (Å²) in [6, 6.07) is 7.54. The first-order chi connectivity index (χ1) is 9.11. The molecule has 0 bridgehead atoms. The first kappa shape index (κ1) is 15.0. The van der Waals surface area contributed by atoms with Gasteiger partial charge in [-0.1, -0.05) is 19.1 Å². The number of nitrogens with two attached hydrogens (primary N) is 1. The highest BCUT2D eigenvalue weighted by atomic mass is 16.2. The van der Waals surface area contributed by atoms with Gasteiger partial charge in [0, 0.05) is 18.7 Å². The minimum absolute atomic E-state index is 0.0422. The van der Waals surface area contributed by atoms with Crippen molar-refractivity contribution in [2.45, 2.75) is 26.2 Å². The Hall–Kier alpha value is -2.04. The third kappa shape index (κ3) is 6.45. The maximum Gasteiger partial charge on any atom is 0.239 e. The molecular formula is C14H21N3O2. The first-order valence-electron chi connectivity index (χ1n) is 6.49. The van der Waals surface area contributed by atoms with E-state index in [-0.39, 0.29) is 18.4 Å². The lowest BCUT2D eigenvalue weighted by Gasteiger charge is -2.07. The smallest absolute Gasteiger partial charge is 0.239 e. The lowest BCUT2D eigenvalue weighted by Crippen LogP contribution is -2.37. The van der Waals surface area contributed by atoms with Gasteiger partial charge in [0.05, 0.1) is 6.54 Å². The largest absolute Gasteiger partial charge is 0.399 e. The summed E-state index contributed by atoms with van der Waals surface area (Å²) in [6.07, 6.45) is 1.98. The molecule has 0 radical (unpaired) electrons. The summed E-state index contributed by atoms with van der Waals surface area (Å²) in [7, 11) is 0. The molecule has 0 fully saturated rings. The predicted molar refractivity (Wildman–Crippen MR) is 75.5 cm³/mol. The SMILES string of the molecule is CCCC(=O)NCC(=O)NCCc1ccc(N)cc1. The second kappa shape index (κ2) is 8.13. The van der Waals surface area contributed by atoms with Gasteiger partial charge < -0.3 is 16.4 Å². The molecule has 0 saturated carbocycles. The van der Waals surface area contributed by atoms with Crippen molar-refractivity contribution in [3.8, 4) is 0 Å². The van der Waals surface area contributed by atoms with Crippen LogP contribution in [0.1, 0.15) is 25.3 Å². The summed E-state index contributed by atoms with van der Waals surface area (Å²) in [5.74, 6) is -0.254. The van der Waals surface area contributed by atoms with Crippen molar-refractivity contribution in [1.29, 1.82) is 0 Å². The molecule has 1 aromatic carbocycles. The Morgan fingerprint density at radius 3 is 2.42 bits per heavy atom. The molecule has 0 aliphatic rings. The molecule has 5 nitrogen and oxygen atoms in total. The van der Waals surface area contributed by atoms with Crippen LogP contribution in [0.3, 0.4) is 0 Å². The van der Waals surface area contributed by atoms with E-state index in [2.05, 4.69) is 10.6 Å². The van der Waals surface area contributed by atoms with Gasteiger partial charge in [-0.15, -0.1) is 0 Å². The molecule has 0 atom stereocenters. The number of nitrogen functional groups attached to an aromatic ring is 1. The van der Waals surface area contributed by atoms with E-state index >= 15 is 0 Å². The van der Waals surface area contributed by atoms with Crippen molar-refractivity contribution in [3.63, 3.8) is 0 Å².